The van der Waals surface area contributed by atoms with E-state index in [1.165, 1.54) is 29.3 Å². The number of fused-ring (bicyclic) bond motifs is 1. The van der Waals surface area contributed by atoms with E-state index in [0.717, 1.165) is 0 Å². The fourth-order valence-corrected chi connectivity index (χ4v) is 2.39. The van der Waals surface area contributed by atoms with Gasteiger partial charge >= 0.3 is 0 Å². The van der Waals surface area contributed by atoms with Gasteiger partial charge in [0.2, 0.25) is 0 Å². The average molecular weight is 227 g/mol. The summed E-state index contributed by atoms with van der Waals surface area (Å²) in [5, 5.41) is 6.26. The zero-order valence-electron chi connectivity index (χ0n) is 11.0. The molecule has 0 aliphatic rings. The Kier molecular flexibility index (Phi) is 3.37. The molecule has 0 radical (unpaired) electrons. The summed E-state index contributed by atoms with van der Waals surface area (Å²) in [6.07, 6.45) is 2.38. The average Bonchev–Trinajstić information content (AvgIpc) is 2.29. The maximum Gasteiger partial charge on any atom is 0.0423 e. The minimum atomic E-state index is 0.152. The Labute approximate surface area is 104 Å². The number of hydrogen-bond acceptors (Lipinski definition) is 1. The number of nitrogens with one attached hydrogen (secondary N) is 1. The van der Waals surface area contributed by atoms with Crippen LogP contribution in [0.5, 0.6) is 0 Å². The molecule has 0 heterocycles. The van der Waals surface area contributed by atoms with Gasteiger partial charge in [0.1, 0.15) is 0 Å². The molecule has 0 fully saturated rings. The first-order valence-electron chi connectivity index (χ1n) is 6.38. The maximum atomic E-state index is 3.66. The van der Waals surface area contributed by atoms with Crippen LogP contribution >= 0.6 is 0 Å². The number of anilines is 1. The van der Waals surface area contributed by atoms with E-state index >= 15 is 0 Å². The number of hydrogen-bond donors (Lipinski definition) is 1. The molecule has 2 rings (SSSR count). The largest absolute Gasteiger partial charge is 0.380 e. The molecular formula is C16H21N. The van der Waals surface area contributed by atoms with E-state index in [4.69, 9.17) is 0 Å². The summed E-state index contributed by atoms with van der Waals surface area (Å²) in [5.41, 5.74) is 1.39. The lowest BCUT2D eigenvalue weighted by Gasteiger charge is -2.28. The second kappa shape index (κ2) is 4.79. The Bertz CT molecular complexity index is 494. The molecule has 0 bridgehead atoms. The Hall–Kier alpha value is -1.50. The molecule has 0 aliphatic carbocycles. The molecule has 0 saturated carbocycles. The molecule has 17 heavy (non-hydrogen) atoms. The van der Waals surface area contributed by atoms with Crippen LogP contribution in [0.1, 0.15) is 33.6 Å². The first-order valence-corrected chi connectivity index (χ1v) is 6.38. The highest BCUT2D eigenvalue weighted by molar-refractivity contribution is 5.93. The van der Waals surface area contributed by atoms with E-state index in [9.17, 15) is 0 Å². The Balaban J connectivity index is 2.36. The van der Waals surface area contributed by atoms with Crippen molar-refractivity contribution in [3.8, 4) is 0 Å². The van der Waals surface area contributed by atoms with Gasteiger partial charge in [-0.3, -0.25) is 0 Å². The molecule has 2 aromatic rings. The minimum absolute atomic E-state index is 0.152. The van der Waals surface area contributed by atoms with Crippen LogP contribution in [0.3, 0.4) is 0 Å². The van der Waals surface area contributed by atoms with Crippen LogP contribution in [0.25, 0.3) is 10.8 Å². The van der Waals surface area contributed by atoms with Gasteiger partial charge in [-0.25, -0.2) is 0 Å². The molecule has 0 aliphatic heterocycles. The lowest BCUT2D eigenvalue weighted by molar-refractivity contribution is 0.511. The highest BCUT2D eigenvalue weighted by Gasteiger charge is 2.16. The van der Waals surface area contributed by atoms with Gasteiger partial charge in [-0.05, 0) is 31.7 Å². The van der Waals surface area contributed by atoms with Gasteiger partial charge in [-0.15, -0.1) is 0 Å². The van der Waals surface area contributed by atoms with Gasteiger partial charge in [-0.2, -0.15) is 0 Å². The standard InChI is InChI=1S/C16H21N/c1-4-12-16(2,3)17-15-11-7-9-13-8-5-6-10-14(13)15/h5-11,17H,4,12H2,1-3H3. The van der Waals surface area contributed by atoms with Crippen molar-refractivity contribution in [3.05, 3.63) is 42.5 Å². The third kappa shape index (κ3) is 2.79. The van der Waals surface area contributed by atoms with Crippen molar-refractivity contribution in [2.24, 2.45) is 0 Å². The lowest BCUT2D eigenvalue weighted by Crippen LogP contribution is -2.30. The van der Waals surface area contributed by atoms with Crippen molar-refractivity contribution < 1.29 is 0 Å². The summed E-state index contributed by atoms with van der Waals surface area (Å²) < 4.78 is 0. The molecule has 0 spiro atoms. The van der Waals surface area contributed by atoms with E-state index in [2.05, 4.69) is 68.6 Å². The molecule has 0 unspecified atom stereocenters. The molecule has 90 valence electrons. The van der Waals surface area contributed by atoms with Crippen molar-refractivity contribution in [3.63, 3.8) is 0 Å². The Morgan fingerprint density at radius 1 is 1.00 bits per heavy atom. The highest BCUT2D eigenvalue weighted by atomic mass is 15.0. The number of benzene rings is 2. The SMILES string of the molecule is CCCC(C)(C)Nc1cccc2ccccc12. The summed E-state index contributed by atoms with van der Waals surface area (Å²) in [7, 11) is 0. The third-order valence-corrected chi connectivity index (χ3v) is 3.14. The van der Waals surface area contributed by atoms with E-state index in [1.807, 2.05) is 0 Å². The van der Waals surface area contributed by atoms with E-state index < -0.39 is 0 Å². The normalized spacial score (nSPS) is 11.7. The molecule has 1 nitrogen and oxygen atoms in total. The van der Waals surface area contributed by atoms with Crippen LogP contribution in [0, 0.1) is 0 Å². The molecule has 0 amide bonds. The monoisotopic (exact) mass is 227 g/mol. The second-order valence-corrected chi connectivity index (χ2v) is 5.29. The fourth-order valence-electron chi connectivity index (χ4n) is 2.39. The molecule has 0 aromatic heterocycles. The first kappa shape index (κ1) is 12.0. The lowest BCUT2D eigenvalue weighted by atomic mass is 9.97. The van der Waals surface area contributed by atoms with Gasteiger partial charge in [-0.1, -0.05) is 49.7 Å². The Morgan fingerprint density at radius 3 is 2.47 bits per heavy atom. The van der Waals surface area contributed by atoms with Gasteiger partial charge in [0, 0.05) is 16.6 Å². The van der Waals surface area contributed by atoms with Crippen LogP contribution in [-0.4, -0.2) is 5.54 Å². The van der Waals surface area contributed by atoms with Gasteiger partial charge < -0.3 is 5.32 Å². The van der Waals surface area contributed by atoms with E-state index in [0.29, 0.717) is 0 Å². The minimum Gasteiger partial charge on any atom is -0.380 e. The smallest absolute Gasteiger partial charge is 0.0423 e. The van der Waals surface area contributed by atoms with Crippen LogP contribution < -0.4 is 5.32 Å². The van der Waals surface area contributed by atoms with Gasteiger partial charge in [0.15, 0.2) is 0 Å². The van der Waals surface area contributed by atoms with Crippen molar-refractivity contribution in [2.75, 3.05) is 5.32 Å². The molecule has 0 atom stereocenters. The van der Waals surface area contributed by atoms with Crippen LogP contribution in [-0.2, 0) is 0 Å². The predicted molar refractivity (Wildman–Crippen MR) is 76.6 cm³/mol. The maximum absolute atomic E-state index is 3.66. The molecule has 1 heteroatoms. The fraction of sp³-hybridized carbons (Fsp3) is 0.375. The molecule has 1 N–H and O–H groups in total. The van der Waals surface area contributed by atoms with Crippen LogP contribution in [0.2, 0.25) is 0 Å². The molecule has 0 saturated heterocycles. The molecule has 2 aromatic carbocycles. The van der Waals surface area contributed by atoms with E-state index in [1.54, 1.807) is 0 Å². The Morgan fingerprint density at radius 2 is 1.71 bits per heavy atom. The van der Waals surface area contributed by atoms with Crippen molar-refractivity contribution >= 4 is 16.5 Å². The van der Waals surface area contributed by atoms with E-state index in [-0.39, 0.29) is 5.54 Å². The second-order valence-electron chi connectivity index (χ2n) is 5.29. The highest BCUT2D eigenvalue weighted by Crippen LogP contribution is 2.27. The summed E-state index contributed by atoms with van der Waals surface area (Å²) in [6, 6.07) is 15.0. The summed E-state index contributed by atoms with van der Waals surface area (Å²) >= 11 is 0. The van der Waals surface area contributed by atoms with Gasteiger partial charge in [0.25, 0.3) is 0 Å². The van der Waals surface area contributed by atoms with Gasteiger partial charge in [0.05, 0.1) is 0 Å². The summed E-state index contributed by atoms with van der Waals surface area (Å²) in [5.74, 6) is 0. The zero-order chi connectivity index (χ0) is 12.3. The first-order chi connectivity index (χ1) is 8.12. The van der Waals surface area contributed by atoms with Crippen molar-refractivity contribution in [1.29, 1.82) is 0 Å². The van der Waals surface area contributed by atoms with Crippen LogP contribution in [0.15, 0.2) is 42.5 Å². The zero-order valence-corrected chi connectivity index (χ0v) is 11.0. The van der Waals surface area contributed by atoms with Crippen molar-refractivity contribution in [2.45, 2.75) is 39.2 Å². The third-order valence-electron chi connectivity index (χ3n) is 3.14. The summed E-state index contributed by atoms with van der Waals surface area (Å²) in [6.45, 7) is 6.75. The number of rotatable bonds is 4. The van der Waals surface area contributed by atoms with Crippen LogP contribution in [0.4, 0.5) is 5.69 Å². The quantitative estimate of drug-likeness (QED) is 0.788. The van der Waals surface area contributed by atoms with Crippen molar-refractivity contribution in [1.82, 2.24) is 0 Å². The summed E-state index contributed by atoms with van der Waals surface area (Å²) in [4.78, 5) is 0. The topological polar surface area (TPSA) is 12.0 Å². The predicted octanol–water partition coefficient (Wildman–Crippen LogP) is 4.83. The molecular weight excluding hydrogens is 206 g/mol.